The minimum absolute atomic E-state index is 0.0127. The Balaban J connectivity index is 0.000000169. The molecule has 0 spiro atoms. The number of halogens is 13. The monoisotopic (exact) mass is 2060 g/mol. The summed E-state index contributed by atoms with van der Waals surface area (Å²) in [6.07, 6.45) is -6.49. The lowest BCUT2D eigenvalue weighted by atomic mass is 10.0. The number of ether oxygens (including phenoxy) is 7. The van der Waals surface area contributed by atoms with E-state index in [-0.39, 0.29) is 59.0 Å². The number of amides is 2. The second-order valence-corrected chi connectivity index (χ2v) is 32.8. The molecule has 0 saturated carbocycles. The Morgan fingerprint density at radius 3 is 1.14 bits per heavy atom. The Morgan fingerprint density at radius 1 is 0.386 bits per heavy atom. The van der Waals surface area contributed by atoms with Crippen LogP contribution in [-0.2, 0) is 31.6 Å². The lowest BCUT2D eigenvalue weighted by Crippen LogP contribution is -2.33. The number of benzene rings is 11. The normalized spacial score (nSPS) is 11.8. The average Bonchev–Trinajstić information content (AvgIpc) is 0.785. The van der Waals surface area contributed by atoms with Crippen molar-refractivity contribution >= 4 is 120 Å². The van der Waals surface area contributed by atoms with Crippen molar-refractivity contribution in [2.75, 3.05) is 28.4 Å². The van der Waals surface area contributed by atoms with Crippen LogP contribution in [0.2, 0.25) is 0 Å². The third kappa shape index (κ3) is 27.4. The number of Topliss-reactive ketones (excluding diaryl/α,β-unsaturated/α-hetero) is 1. The van der Waals surface area contributed by atoms with Crippen molar-refractivity contribution in [2.24, 2.45) is 0 Å². The van der Waals surface area contributed by atoms with Crippen LogP contribution in [0.5, 0.6) is 57.5 Å². The van der Waals surface area contributed by atoms with Gasteiger partial charge in [0.2, 0.25) is 0 Å². The molecule has 32 heteroatoms. The Morgan fingerprint density at radius 2 is 0.750 bits per heavy atom. The van der Waals surface area contributed by atoms with Crippen molar-refractivity contribution < 1.29 is 97.0 Å². The topological polar surface area (TPSA) is 232 Å². The highest BCUT2D eigenvalue weighted by Crippen LogP contribution is 2.41. The number of carbonyl (C=O) groups is 4. The first kappa shape index (κ1) is 99.3. The van der Waals surface area contributed by atoms with Crippen LogP contribution < -0.4 is 43.8 Å². The molecule has 2 amide bonds. The number of fused-ring (bicyclic) bond motifs is 3. The van der Waals surface area contributed by atoms with Gasteiger partial charge in [-0.05, 0) is 249 Å². The number of aromatic carboxylic acids is 1. The Hall–Kier alpha value is -13.3. The first-order valence-corrected chi connectivity index (χ1v) is 43.2. The molecule has 3 atom stereocenters. The van der Waals surface area contributed by atoms with Crippen molar-refractivity contribution in [1.29, 1.82) is 0 Å². The maximum absolute atomic E-state index is 14.2. The fourth-order valence-electron chi connectivity index (χ4n) is 13.1. The van der Waals surface area contributed by atoms with Gasteiger partial charge in [0.15, 0.2) is 5.78 Å². The second-order valence-electron chi connectivity index (χ2n) is 29.1. The molecule has 0 aliphatic carbocycles. The van der Waals surface area contributed by atoms with Gasteiger partial charge in [-0.15, -0.1) is 0 Å². The number of ketones is 1. The molecule has 680 valence electrons. The predicted molar refractivity (Wildman–Crippen MR) is 500 cm³/mol. The van der Waals surface area contributed by atoms with Crippen molar-refractivity contribution in [1.82, 2.24) is 35.5 Å². The molecule has 0 radical (unpaired) electrons. The number of hydrogen-bond donors (Lipinski definition) is 3. The zero-order chi connectivity index (χ0) is 95.1. The number of rotatable bonds is 24. The van der Waals surface area contributed by atoms with Crippen LogP contribution in [-0.4, -0.2) is 81.9 Å². The number of methoxy groups -OCH3 is 4. The van der Waals surface area contributed by atoms with Gasteiger partial charge in [-0.3, -0.25) is 34.3 Å². The summed E-state index contributed by atoms with van der Waals surface area (Å²) in [5.41, 5.74) is 3.61. The fraction of sp³-hybridized carbons (Fsp3) is 0.160. The minimum Gasteiger partial charge on any atom is -0.497 e. The highest BCUT2D eigenvalue weighted by molar-refractivity contribution is 9.11. The largest absolute Gasteiger partial charge is 0.497 e. The molecule has 4 heterocycles. The summed E-state index contributed by atoms with van der Waals surface area (Å²) in [4.78, 5) is 67.5. The molecule has 3 N–H and O–H groups in total. The highest BCUT2D eigenvalue weighted by Gasteiger charge is 2.33. The van der Waals surface area contributed by atoms with E-state index in [2.05, 4.69) is 101 Å². The molecule has 0 aliphatic heterocycles. The number of carboxylic acid groups (broad SMARTS) is 1. The van der Waals surface area contributed by atoms with Gasteiger partial charge in [-0.25, -0.2) is 4.79 Å². The van der Waals surface area contributed by atoms with Crippen LogP contribution in [0.1, 0.15) is 132 Å². The van der Waals surface area contributed by atoms with E-state index in [1.54, 1.807) is 161 Å². The maximum Gasteiger partial charge on any atom is 0.416 e. The highest BCUT2D eigenvalue weighted by atomic mass is 79.9. The van der Waals surface area contributed by atoms with Crippen molar-refractivity contribution in [3.8, 4) is 57.5 Å². The van der Waals surface area contributed by atoms with E-state index in [0.29, 0.717) is 74.0 Å². The minimum atomic E-state index is -4.43. The Kier molecular flexibility index (Phi) is 34.2. The van der Waals surface area contributed by atoms with Gasteiger partial charge >= 0.3 is 24.5 Å². The summed E-state index contributed by atoms with van der Waals surface area (Å²) in [5, 5.41) is 19.7. The standard InChI is InChI=1S/C34H28BrF3N2O4.C25H18BrF3N2O2.C18H11F3O3.C16H19BrN2O2.C7H6BrNO/c1-21(30-18-26(35)15-16-39-30)40(20-24-7-11-28(42-2)19-32(24)43-3)33(41)23-8-14-29-22(17-23)5-4-6-31(29)44-27-12-9-25(10-13-27)34(36,37)38;1-15(22-14-19(26)11-12-30-22)31-24(32)17-5-10-21-16(13-17)3-2-4-23(21)33-20-8-6-18(7-9-20)25(27,28)29;19-18(20,21)13-5-7-14(8-6-13)24-16-3-1-2-11-10-12(17(22)23)4-9-15(11)16;1-11(15-8-13(17)6-7-18-15)19-10-12-4-5-14(20-2)9-16(12)21-3;1-5(10)7-4-6(8)2-3-9-7/h4-19,21H,20H2,1-3H3;2-15H,1H3,(H,31,32);1-10H,(H,22,23);4-9,11,19H,10H2,1-3H3;2-4H,1H3. The molecule has 4 aromatic heterocycles. The summed E-state index contributed by atoms with van der Waals surface area (Å²) >= 11 is 13.6. The number of carboxylic acids is 1. The molecule has 19 nitrogen and oxygen atoms in total. The first-order valence-electron chi connectivity index (χ1n) is 40.1. The molecule has 3 unspecified atom stereocenters. The summed E-state index contributed by atoms with van der Waals surface area (Å²) < 4.78 is 158. The zero-order valence-electron chi connectivity index (χ0n) is 71.4. The van der Waals surface area contributed by atoms with Crippen LogP contribution in [0.4, 0.5) is 39.5 Å². The smallest absolute Gasteiger partial charge is 0.416 e. The molecule has 0 saturated heterocycles. The third-order valence-electron chi connectivity index (χ3n) is 20.1. The molecule has 132 heavy (non-hydrogen) atoms. The summed E-state index contributed by atoms with van der Waals surface area (Å²) in [5.74, 6) is 3.47. The zero-order valence-corrected chi connectivity index (χ0v) is 77.8. The van der Waals surface area contributed by atoms with E-state index < -0.39 is 47.2 Å². The van der Waals surface area contributed by atoms with Crippen LogP contribution in [0, 0.1) is 0 Å². The van der Waals surface area contributed by atoms with Gasteiger partial charge < -0.3 is 53.8 Å². The third-order valence-corrected chi connectivity index (χ3v) is 22.1. The van der Waals surface area contributed by atoms with Gasteiger partial charge in [0.05, 0.1) is 86.4 Å². The molecular weight excluding hydrogens is 1980 g/mol. The molecule has 0 aliphatic rings. The Labute approximate surface area is 786 Å². The fourth-order valence-corrected chi connectivity index (χ4v) is 14.5. The van der Waals surface area contributed by atoms with Crippen molar-refractivity contribution in [3.63, 3.8) is 0 Å². The number of alkyl halides is 9. The predicted octanol–water partition coefficient (Wildman–Crippen LogP) is 27.6. The molecule has 11 aromatic carbocycles. The molecule has 0 fully saturated rings. The van der Waals surface area contributed by atoms with E-state index >= 15 is 0 Å². The lowest BCUT2D eigenvalue weighted by molar-refractivity contribution is -0.138. The van der Waals surface area contributed by atoms with Gasteiger partial charge in [0.25, 0.3) is 11.8 Å². The van der Waals surface area contributed by atoms with Crippen molar-refractivity contribution in [3.05, 3.63) is 377 Å². The van der Waals surface area contributed by atoms with Crippen LogP contribution >= 0.6 is 63.7 Å². The second kappa shape index (κ2) is 45.5. The molecule has 0 bridgehead atoms. The average molecular weight is 2060 g/mol. The number of nitrogens with zero attached hydrogens (tertiary/aromatic N) is 5. The van der Waals surface area contributed by atoms with E-state index in [0.717, 1.165) is 104 Å². The quantitative estimate of drug-likeness (QED) is 0.0377. The number of carbonyl (C=O) groups excluding carboxylic acids is 3. The van der Waals surface area contributed by atoms with Gasteiger partial charge in [-0.1, -0.05) is 106 Å². The number of nitrogens with one attached hydrogen (secondary N) is 2. The number of pyridine rings is 4. The summed E-state index contributed by atoms with van der Waals surface area (Å²) in [6.45, 7) is 8.28. The van der Waals surface area contributed by atoms with Crippen LogP contribution in [0.25, 0.3) is 32.3 Å². The van der Waals surface area contributed by atoms with E-state index in [1.807, 2.05) is 92.7 Å². The summed E-state index contributed by atoms with van der Waals surface area (Å²) in [6, 6.07) is 69.7. The number of aromatic nitrogens is 4. The first-order chi connectivity index (χ1) is 62.9. The Bertz CT molecular complexity index is 6560. The molecular formula is C100H82Br4F9N7O12. The SMILES string of the molecule is CC(=O)c1cc(Br)ccn1.CC(NC(=O)c1ccc2c(Oc3ccc(C(F)(F)F)cc3)cccc2c1)c1cc(Br)ccn1.COc1ccc(CN(C(=O)c2ccc3c(Oc4ccc(C(F)(F)F)cc4)cccc3c2)C(C)c2cc(Br)ccn2)c(OC)c1.COc1ccc(CNC(C)c2cc(Br)ccn2)c(OC)c1.O=C(O)c1ccc2c(Oc3ccc(C(F)(F)F)cc3)cccc2c1. The van der Waals surface area contributed by atoms with Crippen LogP contribution in [0.15, 0.2) is 310 Å². The summed E-state index contributed by atoms with van der Waals surface area (Å²) in [7, 11) is 6.45. The molecule has 15 aromatic rings. The lowest BCUT2D eigenvalue weighted by Gasteiger charge is -2.30. The molecule has 15 rings (SSSR count). The van der Waals surface area contributed by atoms with Gasteiger partial charge in [-0.2, -0.15) is 39.5 Å². The maximum atomic E-state index is 14.2. The van der Waals surface area contributed by atoms with Gasteiger partial charge in [0.1, 0.15) is 63.2 Å². The van der Waals surface area contributed by atoms with E-state index in [4.69, 9.17) is 38.3 Å². The van der Waals surface area contributed by atoms with E-state index in [9.17, 15) is 58.7 Å². The van der Waals surface area contributed by atoms with Crippen molar-refractivity contribution in [2.45, 2.75) is 77.4 Å². The van der Waals surface area contributed by atoms with E-state index in [1.165, 1.54) is 55.5 Å². The number of hydrogen-bond acceptors (Lipinski definition) is 16. The van der Waals surface area contributed by atoms with Crippen LogP contribution in [0.3, 0.4) is 0 Å². The van der Waals surface area contributed by atoms with Gasteiger partial charge in [0, 0.05) is 113 Å².